The molecular formula is C19H29NO3. The lowest BCUT2D eigenvalue weighted by molar-refractivity contribution is -0.134. The van der Waals surface area contributed by atoms with Gasteiger partial charge in [-0.3, -0.25) is 4.79 Å². The molecule has 23 heavy (non-hydrogen) atoms. The molecular weight excluding hydrogens is 290 g/mol. The average molecular weight is 319 g/mol. The first kappa shape index (κ1) is 19.2. The van der Waals surface area contributed by atoms with E-state index in [9.17, 15) is 14.7 Å². The van der Waals surface area contributed by atoms with Crippen molar-refractivity contribution >= 4 is 11.9 Å². The highest BCUT2D eigenvalue weighted by atomic mass is 16.4. The molecule has 0 fully saturated rings. The summed E-state index contributed by atoms with van der Waals surface area (Å²) in [6, 6.07) is 7.18. The molecule has 0 atom stereocenters. The summed E-state index contributed by atoms with van der Waals surface area (Å²) in [5.74, 6) is -0.398. The van der Waals surface area contributed by atoms with E-state index >= 15 is 0 Å². The molecule has 1 aromatic rings. The van der Waals surface area contributed by atoms with Crippen molar-refractivity contribution in [1.29, 1.82) is 0 Å². The summed E-state index contributed by atoms with van der Waals surface area (Å²) in [6.45, 7) is 9.19. The van der Waals surface area contributed by atoms with Crippen molar-refractivity contribution in [1.82, 2.24) is 4.90 Å². The van der Waals surface area contributed by atoms with Crippen molar-refractivity contribution in [3.63, 3.8) is 0 Å². The van der Waals surface area contributed by atoms with E-state index in [1.54, 1.807) is 18.2 Å². The predicted molar refractivity (Wildman–Crippen MR) is 92.6 cm³/mol. The summed E-state index contributed by atoms with van der Waals surface area (Å²) in [5.41, 5.74) is 1.01. The Kier molecular flexibility index (Phi) is 7.79. The number of carbonyl (C=O) groups is 2. The minimum absolute atomic E-state index is 0.118. The lowest BCUT2D eigenvalue weighted by Crippen LogP contribution is -2.42. The molecule has 0 heterocycles. The second-order valence-electron chi connectivity index (χ2n) is 6.37. The Balaban J connectivity index is 2.81. The van der Waals surface area contributed by atoms with E-state index < -0.39 is 5.97 Å². The third kappa shape index (κ3) is 5.70. The number of aromatic carboxylic acids is 1. The Morgan fingerprint density at radius 3 is 2.26 bits per heavy atom. The van der Waals surface area contributed by atoms with Crippen molar-refractivity contribution in [2.45, 2.75) is 59.4 Å². The number of aryl methyl sites for hydroxylation is 1. The van der Waals surface area contributed by atoms with Crippen molar-refractivity contribution in [2.24, 2.45) is 5.92 Å². The van der Waals surface area contributed by atoms with Gasteiger partial charge in [0.25, 0.3) is 0 Å². The Hall–Kier alpha value is -1.84. The van der Waals surface area contributed by atoms with Gasteiger partial charge in [0, 0.05) is 19.0 Å². The van der Waals surface area contributed by atoms with Crippen LogP contribution in [0.3, 0.4) is 0 Å². The van der Waals surface area contributed by atoms with Crippen LogP contribution in [0, 0.1) is 5.92 Å². The van der Waals surface area contributed by atoms with Gasteiger partial charge in [0.2, 0.25) is 5.91 Å². The molecule has 0 aliphatic carbocycles. The summed E-state index contributed by atoms with van der Waals surface area (Å²) in [7, 11) is 0. The smallest absolute Gasteiger partial charge is 0.335 e. The molecule has 0 aliphatic heterocycles. The average Bonchev–Trinajstić information content (AvgIpc) is 2.52. The van der Waals surface area contributed by atoms with Crippen LogP contribution in [-0.2, 0) is 11.2 Å². The van der Waals surface area contributed by atoms with Gasteiger partial charge in [-0.25, -0.2) is 4.79 Å². The largest absolute Gasteiger partial charge is 0.478 e. The van der Waals surface area contributed by atoms with E-state index in [-0.39, 0.29) is 11.9 Å². The van der Waals surface area contributed by atoms with Crippen LogP contribution in [0.15, 0.2) is 24.3 Å². The van der Waals surface area contributed by atoms with Gasteiger partial charge in [-0.2, -0.15) is 0 Å². The molecule has 4 heteroatoms. The van der Waals surface area contributed by atoms with Crippen molar-refractivity contribution in [3.05, 3.63) is 35.4 Å². The zero-order valence-corrected chi connectivity index (χ0v) is 14.7. The highest BCUT2D eigenvalue weighted by Gasteiger charge is 2.22. The van der Waals surface area contributed by atoms with Crippen molar-refractivity contribution < 1.29 is 14.7 Å². The molecule has 128 valence electrons. The van der Waals surface area contributed by atoms with Crippen molar-refractivity contribution in [3.8, 4) is 0 Å². The lowest BCUT2D eigenvalue weighted by atomic mass is 10.0. The van der Waals surface area contributed by atoms with E-state index in [0.29, 0.717) is 24.3 Å². The van der Waals surface area contributed by atoms with Crippen LogP contribution < -0.4 is 0 Å². The summed E-state index contributed by atoms with van der Waals surface area (Å²) in [4.78, 5) is 25.9. The molecule has 0 aliphatic rings. The number of amides is 1. The van der Waals surface area contributed by atoms with Crippen LogP contribution in [0.25, 0.3) is 0 Å². The first-order valence-electron chi connectivity index (χ1n) is 8.51. The van der Waals surface area contributed by atoms with E-state index in [2.05, 4.69) is 27.7 Å². The Labute approximate surface area is 139 Å². The molecule has 0 unspecified atom stereocenters. The van der Waals surface area contributed by atoms with E-state index in [1.807, 2.05) is 11.0 Å². The van der Waals surface area contributed by atoms with Gasteiger partial charge in [-0.1, -0.05) is 45.9 Å². The third-order valence-corrected chi connectivity index (χ3v) is 4.12. The highest BCUT2D eigenvalue weighted by molar-refractivity contribution is 5.89. The topological polar surface area (TPSA) is 57.6 Å². The number of rotatable bonds is 9. The molecule has 0 bridgehead atoms. The predicted octanol–water partition coefficient (Wildman–Crippen LogP) is 3.99. The number of carboxylic acids is 1. The zero-order chi connectivity index (χ0) is 17.4. The number of hydrogen-bond donors (Lipinski definition) is 1. The third-order valence-electron chi connectivity index (χ3n) is 4.12. The van der Waals surface area contributed by atoms with Crippen LogP contribution in [0.1, 0.15) is 62.9 Å². The fourth-order valence-electron chi connectivity index (χ4n) is 2.91. The fraction of sp³-hybridized carbons (Fsp3) is 0.579. The van der Waals surface area contributed by atoms with Gasteiger partial charge in [0.15, 0.2) is 0 Å². The molecule has 0 saturated heterocycles. The Morgan fingerprint density at radius 1 is 1.13 bits per heavy atom. The number of carbonyl (C=O) groups excluding carboxylic acids is 1. The van der Waals surface area contributed by atoms with E-state index in [4.69, 9.17) is 0 Å². The van der Waals surface area contributed by atoms with Crippen LogP contribution in [-0.4, -0.2) is 34.5 Å². The molecule has 1 aromatic carbocycles. The highest BCUT2D eigenvalue weighted by Crippen LogP contribution is 2.16. The first-order chi connectivity index (χ1) is 10.9. The van der Waals surface area contributed by atoms with Gasteiger partial charge in [-0.05, 0) is 36.8 Å². The Bertz CT molecular complexity index is 521. The van der Waals surface area contributed by atoms with Crippen LogP contribution in [0.2, 0.25) is 0 Å². The molecule has 0 spiro atoms. The molecule has 1 amide bonds. The SMILES string of the molecule is CCC(CC)N(CC(C)C)C(=O)CCc1ccccc1C(=O)O. The lowest BCUT2D eigenvalue weighted by Gasteiger charge is -2.32. The maximum atomic E-state index is 12.7. The normalized spacial score (nSPS) is 11.0. The summed E-state index contributed by atoms with van der Waals surface area (Å²) in [5, 5.41) is 9.23. The van der Waals surface area contributed by atoms with Gasteiger partial charge >= 0.3 is 5.97 Å². The molecule has 0 saturated carbocycles. The first-order valence-corrected chi connectivity index (χ1v) is 8.51. The fourth-order valence-corrected chi connectivity index (χ4v) is 2.91. The zero-order valence-electron chi connectivity index (χ0n) is 14.7. The maximum Gasteiger partial charge on any atom is 0.335 e. The molecule has 0 radical (unpaired) electrons. The van der Waals surface area contributed by atoms with Gasteiger partial charge in [0.1, 0.15) is 0 Å². The number of nitrogens with zero attached hydrogens (tertiary/aromatic N) is 1. The Morgan fingerprint density at radius 2 is 1.74 bits per heavy atom. The molecule has 1 N–H and O–H groups in total. The number of hydrogen-bond acceptors (Lipinski definition) is 2. The van der Waals surface area contributed by atoms with Gasteiger partial charge in [0.05, 0.1) is 5.56 Å². The maximum absolute atomic E-state index is 12.7. The van der Waals surface area contributed by atoms with Crippen molar-refractivity contribution in [2.75, 3.05) is 6.54 Å². The quantitative estimate of drug-likeness (QED) is 0.748. The molecule has 0 aromatic heterocycles. The van der Waals surface area contributed by atoms with Crippen LogP contribution in [0.5, 0.6) is 0 Å². The molecule has 4 nitrogen and oxygen atoms in total. The van der Waals surface area contributed by atoms with Gasteiger partial charge < -0.3 is 10.0 Å². The summed E-state index contributed by atoms with van der Waals surface area (Å²) in [6.07, 6.45) is 2.71. The van der Waals surface area contributed by atoms with Crippen LogP contribution >= 0.6 is 0 Å². The number of benzene rings is 1. The van der Waals surface area contributed by atoms with Gasteiger partial charge in [-0.15, -0.1) is 0 Å². The van der Waals surface area contributed by atoms with E-state index in [1.165, 1.54) is 0 Å². The standard InChI is InChI=1S/C19H29NO3/c1-5-16(6-2)20(13-14(3)4)18(21)12-11-15-9-7-8-10-17(15)19(22)23/h7-10,14,16H,5-6,11-13H2,1-4H3,(H,22,23). The second kappa shape index (κ2) is 9.33. The van der Waals surface area contributed by atoms with E-state index in [0.717, 1.165) is 24.9 Å². The number of carboxylic acid groups (broad SMARTS) is 1. The van der Waals surface area contributed by atoms with Crippen LogP contribution in [0.4, 0.5) is 0 Å². The molecule has 1 rings (SSSR count). The monoisotopic (exact) mass is 319 g/mol. The minimum atomic E-state index is -0.938. The second-order valence-corrected chi connectivity index (χ2v) is 6.37. The summed E-state index contributed by atoms with van der Waals surface area (Å²) < 4.78 is 0. The summed E-state index contributed by atoms with van der Waals surface area (Å²) >= 11 is 0. The minimum Gasteiger partial charge on any atom is -0.478 e.